The fraction of sp³-hybridized carbons (Fsp3) is 0.588. The van der Waals surface area contributed by atoms with Crippen LogP contribution in [0.5, 0.6) is 11.5 Å². The first-order valence-electron chi connectivity index (χ1n) is 7.96. The minimum Gasteiger partial charge on any atom is -0.495 e. The van der Waals surface area contributed by atoms with Crippen molar-refractivity contribution in [2.45, 2.75) is 19.3 Å². The summed E-state index contributed by atoms with van der Waals surface area (Å²) in [6.07, 6.45) is 3.31. The van der Waals surface area contributed by atoms with E-state index < -0.39 is 0 Å². The summed E-state index contributed by atoms with van der Waals surface area (Å²) in [7, 11) is 5.15. The van der Waals surface area contributed by atoms with Crippen molar-refractivity contribution in [1.29, 1.82) is 0 Å². The molecule has 6 heteroatoms. The van der Waals surface area contributed by atoms with E-state index >= 15 is 0 Å². The third kappa shape index (κ3) is 4.38. The number of hydrogen-bond acceptors (Lipinski definition) is 4. The molecule has 2 rings (SSSR count). The SMILES string of the molecule is CNCCC1CCN(C(=O)c2cc(OC)c(Br)c(OC)c2)CC1. The van der Waals surface area contributed by atoms with Gasteiger partial charge in [-0.05, 0) is 66.8 Å². The summed E-state index contributed by atoms with van der Waals surface area (Å²) in [6.45, 7) is 2.67. The molecule has 1 aromatic rings. The van der Waals surface area contributed by atoms with Gasteiger partial charge in [0.1, 0.15) is 16.0 Å². The fourth-order valence-electron chi connectivity index (χ4n) is 2.95. The predicted molar refractivity (Wildman–Crippen MR) is 94.4 cm³/mol. The number of methoxy groups -OCH3 is 2. The number of amides is 1. The van der Waals surface area contributed by atoms with Gasteiger partial charge >= 0.3 is 0 Å². The third-order valence-corrected chi connectivity index (χ3v) is 5.18. The number of hydrogen-bond donors (Lipinski definition) is 1. The highest BCUT2D eigenvalue weighted by molar-refractivity contribution is 9.10. The topological polar surface area (TPSA) is 50.8 Å². The summed E-state index contributed by atoms with van der Waals surface area (Å²) in [5, 5.41) is 3.19. The molecule has 0 aromatic heterocycles. The van der Waals surface area contributed by atoms with Crippen LogP contribution in [-0.4, -0.2) is 51.7 Å². The first kappa shape index (κ1) is 18.1. The average Bonchev–Trinajstić information content (AvgIpc) is 2.60. The molecule has 0 spiro atoms. The zero-order valence-corrected chi connectivity index (χ0v) is 15.6. The Morgan fingerprint density at radius 3 is 2.30 bits per heavy atom. The highest BCUT2D eigenvalue weighted by Gasteiger charge is 2.24. The second kappa shape index (κ2) is 8.55. The molecule has 0 unspecified atom stereocenters. The Kier molecular flexibility index (Phi) is 6.72. The molecule has 0 aliphatic carbocycles. The van der Waals surface area contributed by atoms with Crippen LogP contribution in [0.25, 0.3) is 0 Å². The Morgan fingerprint density at radius 2 is 1.83 bits per heavy atom. The minimum atomic E-state index is 0.0427. The molecule has 0 radical (unpaired) electrons. The fourth-order valence-corrected chi connectivity index (χ4v) is 3.50. The zero-order chi connectivity index (χ0) is 16.8. The highest BCUT2D eigenvalue weighted by Crippen LogP contribution is 2.36. The zero-order valence-electron chi connectivity index (χ0n) is 14.0. The van der Waals surface area contributed by atoms with Gasteiger partial charge in [0.2, 0.25) is 0 Å². The van der Waals surface area contributed by atoms with Gasteiger partial charge in [-0.3, -0.25) is 4.79 Å². The Labute approximate surface area is 146 Å². The number of ether oxygens (including phenoxy) is 2. The summed E-state index contributed by atoms with van der Waals surface area (Å²) in [4.78, 5) is 14.7. The number of rotatable bonds is 6. The van der Waals surface area contributed by atoms with E-state index in [0.717, 1.165) is 36.9 Å². The summed E-state index contributed by atoms with van der Waals surface area (Å²) in [6, 6.07) is 3.53. The van der Waals surface area contributed by atoms with Crippen molar-refractivity contribution in [3.63, 3.8) is 0 Å². The van der Waals surface area contributed by atoms with Crippen LogP contribution < -0.4 is 14.8 Å². The van der Waals surface area contributed by atoms with Gasteiger partial charge in [0.05, 0.1) is 14.2 Å². The number of nitrogens with one attached hydrogen (secondary N) is 1. The molecule has 0 saturated carbocycles. The highest BCUT2D eigenvalue weighted by atomic mass is 79.9. The van der Waals surface area contributed by atoms with Gasteiger partial charge in [0.25, 0.3) is 5.91 Å². The van der Waals surface area contributed by atoms with Crippen LogP contribution in [0.1, 0.15) is 29.6 Å². The van der Waals surface area contributed by atoms with E-state index in [4.69, 9.17) is 9.47 Å². The second-order valence-electron chi connectivity index (χ2n) is 5.82. The second-order valence-corrected chi connectivity index (χ2v) is 6.62. The molecular formula is C17H25BrN2O3. The van der Waals surface area contributed by atoms with Crippen molar-refractivity contribution in [1.82, 2.24) is 10.2 Å². The number of carbonyl (C=O) groups excluding carboxylic acids is 1. The Bertz CT molecular complexity index is 518. The molecule has 1 saturated heterocycles. The molecule has 23 heavy (non-hydrogen) atoms. The van der Waals surface area contributed by atoms with E-state index in [1.54, 1.807) is 26.4 Å². The van der Waals surface area contributed by atoms with E-state index in [9.17, 15) is 4.79 Å². The van der Waals surface area contributed by atoms with Crippen molar-refractivity contribution in [2.75, 3.05) is 40.9 Å². The predicted octanol–water partition coefficient (Wildman–Crippen LogP) is 2.93. The summed E-state index contributed by atoms with van der Waals surface area (Å²) in [5.74, 6) is 1.97. The summed E-state index contributed by atoms with van der Waals surface area (Å²) >= 11 is 3.43. The van der Waals surface area contributed by atoms with Gasteiger partial charge < -0.3 is 19.7 Å². The van der Waals surface area contributed by atoms with Gasteiger partial charge in [0.15, 0.2) is 0 Å². The van der Waals surface area contributed by atoms with Crippen LogP contribution in [0, 0.1) is 5.92 Å². The Balaban J connectivity index is 2.06. The standard InChI is InChI=1S/C17H25BrN2O3/c1-19-7-4-12-5-8-20(9-6-12)17(21)13-10-14(22-2)16(18)15(11-13)23-3/h10-12,19H,4-9H2,1-3H3. The van der Waals surface area contributed by atoms with Crippen molar-refractivity contribution in [2.24, 2.45) is 5.92 Å². The molecule has 1 fully saturated rings. The van der Waals surface area contributed by atoms with E-state index in [1.165, 1.54) is 6.42 Å². The van der Waals surface area contributed by atoms with Gasteiger partial charge in [-0.25, -0.2) is 0 Å². The number of carbonyl (C=O) groups is 1. The molecule has 1 N–H and O–H groups in total. The summed E-state index contributed by atoms with van der Waals surface area (Å²) < 4.78 is 11.4. The van der Waals surface area contributed by atoms with Crippen molar-refractivity contribution < 1.29 is 14.3 Å². The molecule has 1 heterocycles. The number of benzene rings is 1. The number of halogens is 1. The molecular weight excluding hydrogens is 360 g/mol. The lowest BCUT2D eigenvalue weighted by Crippen LogP contribution is -2.39. The van der Waals surface area contributed by atoms with Crippen molar-refractivity contribution in [3.05, 3.63) is 22.2 Å². The maximum atomic E-state index is 12.8. The smallest absolute Gasteiger partial charge is 0.254 e. The summed E-state index contributed by atoms with van der Waals surface area (Å²) in [5.41, 5.74) is 0.607. The lowest BCUT2D eigenvalue weighted by Gasteiger charge is -2.32. The monoisotopic (exact) mass is 384 g/mol. The lowest BCUT2D eigenvalue weighted by atomic mass is 9.93. The number of piperidine rings is 1. The van der Waals surface area contributed by atoms with Crippen LogP contribution in [0.15, 0.2) is 16.6 Å². The van der Waals surface area contributed by atoms with Crippen LogP contribution >= 0.6 is 15.9 Å². The molecule has 5 nitrogen and oxygen atoms in total. The van der Waals surface area contributed by atoms with Crippen LogP contribution in [-0.2, 0) is 0 Å². The van der Waals surface area contributed by atoms with Crippen molar-refractivity contribution in [3.8, 4) is 11.5 Å². The molecule has 1 aliphatic rings. The molecule has 0 bridgehead atoms. The Morgan fingerprint density at radius 1 is 1.26 bits per heavy atom. The normalized spacial score (nSPS) is 15.6. The van der Waals surface area contributed by atoms with Gasteiger partial charge in [-0.2, -0.15) is 0 Å². The maximum Gasteiger partial charge on any atom is 0.254 e. The molecule has 128 valence electrons. The Hall–Kier alpha value is -1.27. The minimum absolute atomic E-state index is 0.0427. The van der Waals surface area contributed by atoms with Crippen molar-refractivity contribution >= 4 is 21.8 Å². The number of likely N-dealkylation sites (tertiary alicyclic amines) is 1. The molecule has 0 atom stereocenters. The van der Waals surface area contributed by atoms with E-state index in [-0.39, 0.29) is 5.91 Å². The third-order valence-electron chi connectivity index (χ3n) is 4.40. The van der Waals surface area contributed by atoms with Crippen LogP contribution in [0.3, 0.4) is 0 Å². The quantitative estimate of drug-likeness (QED) is 0.818. The molecule has 1 aliphatic heterocycles. The van der Waals surface area contributed by atoms with Gasteiger partial charge in [-0.15, -0.1) is 0 Å². The molecule has 1 amide bonds. The van der Waals surface area contributed by atoms with Gasteiger partial charge in [0, 0.05) is 18.7 Å². The lowest BCUT2D eigenvalue weighted by molar-refractivity contribution is 0.0686. The number of nitrogens with zero attached hydrogens (tertiary/aromatic N) is 1. The van der Waals surface area contributed by atoms with E-state index in [2.05, 4.69) is 21.2 Å². The largest absolute Gasteiger partial charge is 0.495 e. The maximum absolute atomic E-state index is 12.8. The van der Waals surface area contributed by atoms with Crippen LogP contribution in [0.2, 0.25) is 0 Å². The van der Waals surface area contributed by atoms with Crippen LogP contribution in [0.4, 0.5) is 0 Å². The van der Waals surface area contributed by atoms with E-state index in [1.807, 2.05) is 11.9 Å². The average molecular weight is 385 g/mol. The van der Waals surface area contributed by atoms with Gasteiger partial charge in [-0.1, -0.05) is 0 Å². The first-order chi connectivity index (χ1) is 11.1. The first-order valence-corrected chi connectivity index (χ1v) is 8.75. The van der Waals surface area contributed by atoms with E-state index in [0.29, 0.717) is 23.0 Å². The molecule has 1 aromatic carbocycles.